The van der Waals surface area contributed by atoms with Gasteiger partial charge >= 0.3 is 0 Å². The molecule has 2 aromatic carbocycles. The lowest BCUT2D eigenvalue weighted by Gasteiger charge is -2.40. The summed E-state index contributed by atoms with van der Waals surface area (Å²) >= 11 is 7.39. The monoisotopic (exact) mass is 495 g/mol. The van der Waals surface area contributed by atoms with Crippen LogP contribution in [0.3, 0.4) is 0 Å². The average molecular weight is 496 g/mol. The van der Waals surface area contributed by atoms with Crippen molar-refractivity contribution < 1.29 is 14.4 Å². The van der Waals surface area contributed by atoms with Crippen LogP contribution in [-0.2, 0) is 9.59 Å². The number of hydrogen-bond acceptors (Lipinski definition) is 5. The highest BCUT2D eigenvalue weighted by Crippen LogP contribution is 2.42. The predicted molar refractivity (Wildman–Crippen MR) is 140 cm³/mol. The van der Waals surface area contributed by atoms with Crippen molar-refractivity contribution in [3.05, 3.63) is 69.1 Å². The van der Waals surface area contributed by atoms with Crippen molar-refractivity contribution >= 4 is 63.4 Å². The molecule has 8 heteroatoms. The van der Waals surface area contributed by atoms with Gasteiger partial charge < -0.3 is 10.2 Å². The number of nitrogens with zero attached hydrogens (tertiary/aromatic N) is 2. The molecular formula is C26H26ClN3O3S. The van der Waals surface area contributed by atoms with Gasteiger partial charge in [-0.1, -0.05) is 35.9 Å². The number of hydrogen-bond donors (Lipinski definition) is 1. The number of imide groups is 1. The Morgan fingerprint density at radius 3 is 2.59 bits per heavy atom. The van der Waals surface area contributed by atoms with Gasteiger partial charge in [0, 0.05) is 29.0 Å². The van der Waals surface area contributed by atoms with Gasteiger partial charge in [0.25, 0.3) is 11.1 Å². The third kappa shape index (κ3) is 4.50. The van der Waals surface area contributed by atoms with Gasteiger partial charge in [0.15, 0.2) is 0 Å². The molecule has 0 unspecified atom stereocenters. The van der Waals surface area contributed by atoms with Crippen molar-refractivity contribution in [3.63, 3.8) is 0 Å². The van der Waals surface area contributed by atoms with Gasteiger partial charge in [-0.05, 0) is 80.4 Å². The summed E-state index contributed by atoms with van der Waals surface area (Å²) in [6.45, 7) is 7.83. The van der Waals surface area contributed by atoms with Crippen molar-refractivity contribution in [2.75, 3.05) is 23.8 Å². The van der Waals surface area contributed by atoms with Crippen LogP contribution in [0.5, 0.6) is 0 Å². The number of halogens is 1. The summed E-state index contributed by atoms with van der Waals surface area (Å²) in [6.07, 6.45) is 3.81. The van der Waals surface area contributed by atoms with E-state index in [0.717, 1.165) is 39.0 Å². The largest absolute Gasteiger partial charge is 0.365 e. The van der Waals surface area contributed by atoms with Gasteiger partial charge in [-0.25, -0.2) is 0 Å². The minimum absolute atomic E-state index is 0.149. The number of carbonyl (C=O) groups is 3. The number of likely N-dealkylation sites (N-methyl/N-ethyl adjacent to an activating group) is 1. The molecule has 3 amide bonds. The molecule has 2 aliphatic heterocycles. The molecule has 176 valence electrons. The van der Waals surface area contributed by atoms with Gasteiger partial charge in [0.1, 0.15) is 6.54 Å². The number of aryl methyl sites for hydroxylation is 1. The van der Waals surface area contributed by atoms with Gasteiger partial charge in [-0.2, -0.15) is 0 Å². The van der Waals surface area contributed by atoms with Gasteiger partial charge in [-0.3, -0.25) is 19.3 Å². The highest BCUT2D eigenvalue weighted by atomic mass is 35.5. The topological polar surface area (TPSA) is 69.7 Å². The Kier molecular flexibility index (Phi) is 6.36. The Morgan fingerprint density at radius 1 is 1.18 bits per heavy atom. The minimum atomic E-state index is -0.505. The number of anilines is 2. The van der Waals surface area contributed by atoms with Crippen molar-refractivity contribution in [2.45, 2.75) is 33.2 Å². The molecule has 34 heavy (non-hydrogen) atoms. The third-order valence-corrected chi connectivity index (χ3v) is 7.45. The average Bonchev–Trinajstić information content (AvgIpc) is 3.02. The predicted octanol–water partition coefficient (Wildman–Crippen LogP) is 5.96. The molecule has 0 saturated carbocycles. The lowest BCUT2D eigenvalue weighted by molar-refractivity contribution is -0.127. The highest BCUT2D eigenvalue weighted by molar-refractivity contribution is 8.18. The number of benzene rings is 2. The van der Waals surface area contributed by atoms with E-state index in [1.165, 1.54) is 0 Å². The quantitative estimate of drug-likeness (QED) is 0.530. The Morgan fingerprint density at radius 2 is 1.88 bits per heavy atom. The molecule has 0 spiro atoms. The number of carbonyl (C=O) groups excluding carboxylic acids is 3. The van der Waals surface area contributed by atoms with Crippen LogP contribution in [0, 0.1) is 6.92 Å². The first kappa shape index (κ1) is 24.1. The molecule has 0 atom stereocenters. The summed E-state index contributed by atoms with van der Waals surface area (Å²) in [6, 6.07) is 11.1. The first-order valence-electron chi connectivity index (χ1n) is 10.9. The van der Waals surface area contributed by atoms with Crippen LogP contribution >= 0.6 is 23.4 Å². The summed E-state index contributed by atoms with van der Waals surface area (Å²) in [5.74, 6) is -0.940. The molecule has 0 radical (unpaired) electrons. The molecule has 4 rings (SSSR count). The number of fused-ring (bicyclic) bond motifs is 1. The van der Waals surface area contributed by atoms with E-state index in [2.05, 4.69) is 30.1 Å². The smallest absolute Gasteiger partial charge is 0.294 e. The van der Waals surface area contributed by atoms with Crippen LogP contribution in [0.4, 0.5) is 16.2 Å². The summed E-state index contributed by atoms with van der Waals surface area (Å²) < 4.78 is 0. The summed E-state index contributed by atoms with van der Waals surface area (Å²) in [4.78, 5) is 41.3. The Hall–Kier alpha value is -3.03. The zero-order valence-electron chi connectivity index (χ0n) is 19.7. The Bertz CT molecular complexity index is 1280. The van der Waals surface area contributed by atoms with E-state index in [9.17, 15) is 14.4 Å². The molecule has 0 aliphatic carbocycles. The fourth-order valence-corrected chi connectivity index (χ4v) is 5.16. The minimum Gasteiger partial charge on any atom is -0.365 e. The maximum atomic E-state index is 13.0. The SMILES string of the molecule is CC1=CC(C)(C)N(C)c2cc(Cl)c(/C=C3\SC(=O)N(CC(=O)Nc4ccccc4C)C3=O)cc21. The van der Waals surface area contributed by atoms with E-state index in [-0.39, 0.29) is 17.0 Å². The van der Waals surface area contributed by atoms with Crippen LogP contribution in [0.2, 0.25) is 5.02 Å². The van der Waals surface area contributed by atoms with Crippen LogP contribution in [0.1, 0.15) is 37.5 Å². The van der Waals surface area contributed by atoms with Crippen LogP contribution in [-0.4, -0.2) is 41.1 Å². The standard InChI is InChI=1S/C26H26ClN3O3S/c1-15-8-6-7-9-20(15)28-23(31)14-30-24(32)22(34-25(30)33)11-17-10-18-16(2)13-26(3,4)29(5)21(18)12-19(17)27/h6-13H,14H2,1-5H3,(H,28,31)/b22-11-. The third-order valence-electron chi connectivity index (χ3n) is 6.22. The van der Waals surface area contributed by atoms with Crippen LogP contribution in [0.15, 0.2) is 47.4 Å². The fraction of sp³-hybridized carbons (Fsp3) is 0.269. The Labute approximate surface area is 208 Å². The van der Waals surface area contributed by atoms with Crippen molar-refractivity contribution in [1.29, 1.82) is 0 Å². The maximum absolute atomic E-state index is 13.0. The van der Waals surface area contributed by atoms with Crippen LogP contribution < -0.4 is 10.2 Å². The van der Waals surface area contributed by atoms with Crippen LogP contribution in [0.25, 0.3) is 11.6 Å². The summed E-state index contributed by atoms with van der Waals surface area (Å²) in [7, 11) is 2.02. The fourth-order valence-electron chi connectivity index (χ4n) is 4.12. The molecule has 1 saturated heterocycles. The highest BCUT2D eigenvalue weighted by Gasteiger charge is 2.37. The van der Waals surface area contributed by atoms with Crippen molar-refractivity contribution in [1.82, 2.24) is 4.90 Å². The number of rotatable bonds is 4. The molecule has 2 aliphatic rings. The van der Waals surface area contributed by atoms with Crippen molar-refractivity contribution in [2.24, 2.45) is 0 Å². The molecule has 1 fully saturated rings. The van der Waals surface area contributed by atoms with Gasteiger partial charge in [0.2, 0.25) is 5.91 Å². The van der Waals surface area contributed by atoms with E-state index < -0.39 is 17.1 Å². The molecular weight excluding hydrogens is 470 g/mol. The second-order valence-electron chi connectivity index (χ2n) is 9.06. The number of amides is 3. The molecule has 0 aromatic heterocycles. The molecule has 0 bridgehead atoms. The number of thioether (sulfide) groups is 1. The second kappa shape index (κ2) is 8.96. The molecule has 1 N–H and O–H groups in total. The molecule has 6 nitrogen and oxygen atoms in total. The second-order valence-corrected chi connectivity index (χ2v) is 10.5. The summed E-state index contributed by atoms with van der Waals surface area (Å²) in [5.41, 5.74) is 5.19. The Balaban J connectivity index is 1.56. The number of allylic oxidation sites excluding steroid dienone is 1. The normalized spacial score (nSPS) is 18.3. The summed E-state index contributed by atoms with van der Waals surface area (Å²) in [5, 5.41) is 2.76. The van der Waals surface area contributed by atoms with E-state index in [1.807, 2.05) is 51.2 Å². The van der Waals surface area contributed by atoms with E-state index in [1.54, 1.807) is 12.1 Å². The zero-order valence-corrected chi connectivity index (χ0v) is 21.3. The maximum Gasteiger partial charge on any atom is 0.294 e. The van der Waals surface area contributed by atoms with Gasteiger partial charge in [-0.15, -0.1) is 0 Å². The lowest BCUT2D eigenvalue weighted by atomic mass is 9.88. The number of nitrogens with one attached hydrogen (secondary N) is 1. The first-order valence-corrected chi connectivity index (χ1v) is 12.1. The van der Waals surface area contributed by atoms with E-state index in [0.29, 0.717) is 16.3 Å². The zero-order chi connectivity index (χ0) is 24.8. The first-order chi connectivity index (χ1) is 16.0. The van der Waals surface area contributed by atoms with E-state index in [4.69, 9.17) is 11.6 Å². The molecule has 2 aromatic rings. The van der Waals surface area contributed by atoms with E-state index >= 15 is 0 Å². The lowest BCUT2D eigenvalue weighted by Crippen LogP contribution is -2.42. The van der Waals surface area contributed by atoms with Crippen molar-refractivity contribution in [3.8, 4) is 0 Å². The number of para-hydroxylation sites is 1. The van der Waals surface area contributed by atoms with Gasteiger partial charge in [0.05, 0.1) is 10.4 Å². The molecule has 2 heterocycles.